The normalized spacial score (nSPS) is 11.1. The number of hydrogen-bond acceptors (Lipinski definition) is 1. The van der Waals surface area contributed by atoms with Crippen molar-refractivity contribution in [3.05, 3.63) is 73.4 Å². The van der Waals surface area contributed by atoms with Gasteiger partial charge in [-0.2, -0.15) is 0 Å². The van der Waals surface area contributed by atoms with Crippen LogP contribution in [-0.4, -0.2) is 5.78 Å². The molecule has 0 bridgehead atoms. The molecular weight excluding hydrogens is 357 g/mol. The number of benzene rings is 2. The maximum atomic E-state index is 13.4. The fourth-order valence-corrected chi connectivity index (χ4v) is 2.55. The number of halogens is 5. The van der Waals surface area contributed by atoms with Gasteiger partial charge in [-0.05, 0) is 42.0 Å². The van der Waals surface area contributed by atoms with Gasteiger partial charge in [-0.25, -0.2) is 4.39 Å². The molecule has 1 nitrogen and oxygen atoms in total. The van der Waals surface area contributed by atoms with E-state index in [0.717, 1.165) is 6.07 Å². The first kappa shape index (κ1) is 16.3. The molecule has 0 saturated carbocycles. The predicted octanol–water partition coefficient (Wildman–Crippen LogP) is 6.34. The van der Waals surface area contributed by atoms with Gasteiger partial charge in [0.25, 0.3) is 0 Å². The van der Waals surface area contributed by atoms with Crippen LogP contribution in [0.15, 0.2) is 36.4 Å². The lowest BCUT2D eigenvalue weighted by atomic mass is 10.1. The Morgan fingerprint density at radius 3 is 2.33 bits per heavy atom. The summed E-state index contributed by atoms with van der Waals surface area (Å²) in [5, 5.41) is 0.839. The zero-order valence-electron chi connectivity index (χ0n) is 10.3. The Hall–Kier alpha value is -1.06. The lowest BCUT2D eigenvalue weighted by Crippen LogP contribution is -1.97. The van der Waals surface area contributed by atoms with Crippen molar-refractivity contribution in [2.75, 3.05) is 0 Å². The lowest BCUT2D eigenvalue weighted by Gasteiger charge is -2.02. The molecule has 0 amide bonds. The quantitative estimate of drug-likeness (QED) is 0.353. The zero-order valence-corrected chi connectivity index (χ0v) is 13.4. The Morgan fingerprint density at radius 1 is 0.952 bits per heavy atom. The first-order valence-electron chi connectivity index (χ1n) is 5.70. The average molecular weight is 364 g/mol. The van der Waals surface area contributed by atoms with Gasteiger partial charge in [0.2, 0.25) is 0 Å². The minimum Gasteiger partial charge on any atom is -0.289 e. The van der Waals surface area contributed by atoms with Crippen molar-refractivity contribution in [2.45, 2.75) is 0 Å². The summed E-state index contributed by atoms with van der Waals surface area (Å²) in [6.07, 6.45) is 2.76. The number of ketones is 1. The molecule has 0 aromatic heterocycles. The van der Waals surface area contributed by atoms with Gasteiger partial charge >= 0.3 is 0 Å². The van der Waals surface area contributed by atoms with Crippen molar-refractivity contribution in [1.82, 2.24) is 0 Å². The van der Waals surface area contributed by atoms with Crippen LogP contribution in [0.25, 0.3) is 6.08 Å². The molecule has 2 rings (SSSR count). The van der Waals surface area contributed by atoms with Crippen molar-refractivity contribution < 1.29 is 9.18 Å². The fourth-order valence-electron chi connectivity index (χ4n) is 1.60. The Balaban J connectivity index is 2.29. The van der Waals surface area contributed by atoms with E-state index >= 15 is 0 Å². The molecule has 21 heavy (non-hydrogen) atoms. The summed E-state index contributed by atoms with van der Waals surface area (Å²) in [7, 11) is 0. The molecule has 0 aliphatic heterocycles. The van der Waals surface area contributed by atoms with Gasteiger partial charge in [0.05, 0.1) is 10.0 Å². The number of hydrogen-bond donors (Lipinski definition) is 0. The third-order valence-electron chi connectivity index (χ3n) is 2.65. The first-order valence-corrected chi connectivity index (χ1v) is 7.21. The van der Waals surface area contributed by atoms with Crippen LogP contribution in [0.1, 0.15) is 15.9 Å². The second kappa shape index (κ2) is 6.80. The molecule has 0 aliphatic carbocycles. The van der Waals surface area contributed by atoms with Crippen LogP contribution in [0.4, 0.5) is 4.39 Å². The van der Waals surface area contributed by atoms with Gasteiger partial charge < -0.3 is 0 Å². The molecule has 0 atom stereocenters. The summed E-state index contributed by atoms with van der Waals surface area (Å²) in [4.78, 5) is 12.0. The molecule has 108 valence electrons. The van der Waals surface area contributed by atoms with Crippen LogP contribution in [-0.2, 0) is 0 Å². The van der Waals surface area contributed by atoms with E-state index in [4.69, 9.17) is 46.4 Å². The Labute approximate surface area is 140 Å². The summed E-state index contributed by atoms with van der Waals surface area (Å²) >= 11 is 23.2. The zero-order chi connectivity index (χ0) is 15.6. The van der Waals surface area contributed by atoms with Gasteiger partial charge in [-0.15, -0.1) is 0 Å². The monoisotopic (exact) mass is 362 g/mol. The Bertz CT molecular complexity index is 741. The SMILES string of the molecule is O=C(/C=C/c1ccc(Cl)cc1Cl)c1cc(F)c(Cl)cc1Cl. The van der Waals surface area contributed by atoms with Gasteiger partial charge in [-0.3, -0.25) is 4.79 Å². The molecule has 0 unspecified atom stereocenters. The topological polar surface area (TPSA) is 17.1 Å². The molecule has 2 aromatic rings. The Kier molecular flexibility index (Phi) is 5.28. The van der Waals surface area contributed by atoms with Crippen molar-refractivity contribution >= 4 is 58.3 Å². The highest BCUT2D eigenvalue weighted by atomic mass is 35.5. The third-order valence-corrected chi connectivity index (χ3v) is 3.82. The molecule has 0 saturated heterocycles. The molecule has 0 radical (unpaired) electrons. The second-order valence-corrected chi connectivity index (χ2v) is 5.77. The number of allylic oxidation sites excluding steroid dienone is 1. The highest BCUT2D eigenvalue weighted by molar-refractivity contribution is 6.37. The van der Waals surface area contributed by atoms with Gasteiger partial charge in [0.15, 0.2) is 5.78 Å². The highest BCUT2D eigenvalue weighted by Crippen LogP contribution is 2.26. The molecular formula is C15H7Cl4FO. The van der Waals surface area contributed by atoms with E-state index in [1.807, 2.05) is 0 Å². The number of carbonyl (C=O) groups is 1. The molecule has 0 heterocycles. The van der Waals surface area contributed by atoms with Crippen LogP contribution >= 0.6 is 46.4 Å². The van der Waals surface area contributed by atoms with E-state index < -0.39 is 11.6 Å². The summed E-state index contributed by atoms with van der Waals surface area (Å²) in [6, 6.07) is 7.06. The smallest absolute Gasteiger partial charge is 0.187 e. The maximum absolute atomic E-state index is 13.4. The van der Waals surface area contributed by atoms with Crippen molar-refractivity contribution in [2.24, 2.45) is 0 Å². The van der Waals surface area contributed by atoms with E-state index in [1.54, 1.807) is 18.2 Å². The third kappa shape index (κ3) is 3.98. The first-order chi connectivity index (χ1) is 9.88. The van der Waals surface area contributed by atoms with Gasteiger partial charge in [0.1, 0.15) is 5.82 Å². The van der Waals surface area contributed by atoms with Gasteiger partial charge in [-0.1, -0.05) is 52.5 Å². The predicted molar refractivity (Wildman–Crippen MR) is 86.2 cm³/mol. The standard InChI is InChI=1S/C15H7Cl4FO/c16-9-3-1-8(11(17)5-9)2-4-15(21)10-6-14(20)13(19)7-12(10)18/h1-7H/b4-2+. The summed E-state index contributed by atoms with van der Waals surface area (Å²) in [5.41, 5.74) is 0.639. The van der Waals surface area contributed by atoms with E-state index in [2.05, 4.69) is 0 Å². The molecule has 0 N–H and O–H groups in total. The average Bonchev–Trinajstić information content (AvgIpc) is 2.41. The van der Waals surface area contributed by atoms with E-state index in [-0.39, 0.29) is 15.6 Å². The largest absolute Gasteiger partial charge is 0.289 e. The molecule has 0 fully saturated rings. The molecule has 0 spiro atoms. The minimum absolute atomic E-state index is 0.0277. The summed E-state index contributed by atoms with van der Waals surface area (Å²) in [6.45, 7) is 0. The van der Waals surface area contributed by atoms with Crippen molar-refractivity contribution in [3.8, 4) is 0 Å². The molecule has 2 aromatic carbocycles. The Morgan fingerprint density at radius 2 is 1.67 bits per heavy atom. The van der Waals surface area contributed by atoms with Crippen LogP contribution in [0.3, 0.4) is 0 Å². The van der Waals surface area contributed by atoms with Crippen molar-refractivity contribution in [1.29, 1.82) is 0 Å². The van der Waals surface area contributed by atoms with Crippen LogP contribution < -0.4 is 0 Å². The number of carbonyl (C=O) groups excluding carboxylic acids is 1. The van der Waals surface area contributed by atoms with Crippen LogP contribution in [0.5, 0.6) is 0 Å². The van der Waals surface area contributed by atoms with Crippen LogP contribution in [0, 0.1) is 5.82 Å². The minimum atomic E-state index is -0.706. The lowest BCUT2D eigenvalue weighted by molar-refractivity contribution is 0.104. The van der Waals surface area contributed by atoms with E-state index in [9.17, 15) is 9.18 Å². The van der Waals surface area contributed by atoms with Crippen LogP contribution in [0.2, 0.25) is 20.1 Å². The van der Waals surface area contributed by atoms with E-state index in [0.29, 0.717) is 15.6 Å². The highest BCUT2D eigenvalue weighted by Gasteiger charge is 2.12. The second-order valence-electron chi connectivity index (χ2n) is 4.11. The van der Waals surface area contributed by atoms with Gasteiger partial charge in [0, 0.05) is 15.6 Å². The molecule has 6 heteroatoms. The summed E-state index contributed by atoms with van der Waals surface area (Å²) < 4.78 is 13.4. The summed E-state index contributed by atoms with van der Waals surface area (Å²) in [5.74, 6) is -1.16. The maximum Gasteiger partial charge on any atom is 0.187 e. The number of rotatable bonds is 3. The molecule has 0 aliphatic rings. The van der Waals surface area contributed by atoms with E-state index in [1.165, 1.54) is 18.2 Å². The fraction of sp³-hybridized carbons (Fsp3) is 0. The van der Waals surface area contributed by atoms with Crippen molar-refractivity contribution in [3.63, 3.8) is 0 Å².